The van der Waals surface area contributed by atoms with Crippen molar-refractivity contribution >= 4 is 9.84 Å². The summed E-state index contributed by atoms with van der Waals surface area (Å²) in [6.07, 6.45) is 6.02. The van der Waals surface area contributed by atoms with Crippen LogP contribution in [0.5, 0.6) is 0 Å². The summed E-state index contributed by atoms with van der Waals surface area (Å²) in [5.74, 6) is 0.362. The molecular formula is C10H17N3O3S. The first-order valence-electron chi connectivity index (χ1n) is 5.69. The van der Waals surface area contributed by atoms with E-state index in [0.29, 0.717) is 5.89 Å². The van der Waals surface area contributed by atoms with Crippen molar-refractivity contribution in [2.75, 3.05) is 6.26 Å². The summed E-state index contributed by atoms with van der Waals surface area (Å²) in [5.41, 5.74) is 5.64. The lowest BCUT2D eigenvalue weighted by molar-refractivity contribution is 0.219. The third-order valence-corrected chi connectivity index (χ3v) is 3.81. The Morgan fingerprint density at radius 2 is 2.00 bits per heavy atom. The lowest BCUT2D eigenvalue weighted by Crippen LogP contribution is -2.39. The molecule has 2 N–H and O–H groups in total. The van der Waals surface area contributed by atoms with Gasteiger partial charge in [-0.25, -0.2) is 8.42 Å². The zero-order valence-corrected chi connectivity index (χ0v) is 10.7. The number of rotatable bonds is 3. The van der Waals surface area contributed by atoms with Gasteiger partial charge in [-0.15, -0.1) is 0 Å². The molecule has 96 valence electrons. The summed E-state index contributed by atoms with van der Waals surface area (Å²) < 4.78 is 27.3. The Balaban J connectivity index is 2.17. The van der Waals surface area contributed by atoms with Crippen molar-refractivity contribution < 1.29 is 12.9 Å². The highest BCUT2D eigenvalue weighted by molar-refractivity contribution is 7.89. The van der Waals surface area contributed by atoms with E-state index < -0.39 is 15.4 Å². The normalized spacial score (nSPS) is 20.4. The van der Waals surface area contributed by atoms with Crippen LogP contribution in [-0.2, 0) is 21.1 Å². The van der Waals surface area contributed by atoms with Crippen molar-refractivity contribution in [3.63, 3.8) is 0 Å². The van der Waals surface area contributed by atoms with Gasteiger partial charge >= 0.3 is 0 Å². The molecule has 0 aromatic carbocycles. The van der Waals surface area contributed by atoms with Gasteiger partial charge in [0.15, 0.2) is 15.7 Å². The van der Waals surface area contributed by atoms with Crippen molar-refractivity contribution in [2.45, 2.75) is 43.4 Å². The average molecular weight is 259 g/mol. The molecule has 0 unspecified atom stereocenters. The second-order valence-electron chi connectivity index (χ2n) is 4.80. The Kier molecular flexibility index (Phi) is 3.22. The first-order valence-corrected chi connectivity index (χ1v) is 7.75. The Morgan fingerprint density at radius 3 is 2.59 bits per heavy atom. The minimum absolute atomic E-state index is 0.192. The molecule has 1 aliphatic rings. The van der Waals surface area contributed by atoms with Crippen LogP contribution in [0.2, 0.25) is 0 Å². The number of hydrogen-bond donors (Lipinski definition) is 1. The van der Waals surface area contributed by atoms with Crippen LogP contribution in [0.15, 0.2) is 4.52 Å². The number of aromatic nitrogens is 2. The van der Waals surface area contributed by atoms with Gasteiger partial charge in [0.25, 0.3) is 0 Å². The maximum atomic E-state index is 11.1. The quantitative estimate of drug-likeness (QED) is 0.859. The fourth-order valence-corrected chi connectivity index (χ4v) is 2.73. The average Bonchev–Trinajstić information content (AvgIpc) is 2.65. The summed E-state index contributed by atoms with van der Waals surface area (Å²) in [6.45, 7) is 0. The molecular weight excluding hydrogens is 242 g/mol. The number of nitrogens with zero attached hydrogens (tertiary/aromatic N) is 2. The molecule has 0 radical (unpaired) electrons. The van der Waals surface area contributed by atoms with Crippen molar-refractivity contribution in [2.24, 2.45) is 5.73 Å². The molecule has 1 fully saturated rings. The first-order chi connectivity index (χ1) is 7.89. The highest BCUT2D eigenvalue weighted by Gasteiger charge is 2.35. The predicted octanol–water partition coefficient (Wildman–Crippen LogP) is 0.732. The molecule has 6 nitrogen and oxygen atoms in total. The van der Waals surface area contributed by atoms with E-state index in [1.165, 1.54) is 6.42 Å². The summed E-state index contributed by atoms with van der Waals surface area (Å²) >= 11 is 0. The minimum atomic E-state index is -3.14. The summed E-state index contributed by atoms with van der Waals surface area (Å²) in [5, 5.41) is 3.68. The van der Waals surface area contributed by atoms with Gasteiger partial charge in [0.2, 0.25) is 5.89 Å². The van der Waals surface area contributed by atoms with E-state index in [9.17, 15) is 8.42 Å². The number of sulfone groups is 1. The highest BCUT2D eigenvalue weighted by Crippen LogP contribution is 2.33. The molecule has 7 heteroatoms. The minimum Gasteiger partial charge on any atom is -0.337 e. The standard InChI is InChI=1S/C10H17N3O3S/c1-17(14,15)7-8-12-9(16-13-8)10(11)5-3-2-4-6-10/h2-7,11H2,1H3. The molecule has 1 aromatic heterocycles. The Hall–Kier alpha value is -0.950. The molecule has 17 heavy (non-hydrogen) atoms. The lowest BCUT2D eigenvalue weighted by Gasteiger charge is -2.29. The molecule has 0 spiro atoms. The summed E-state index contributed by atoms with van der Waals surface area (Å²) in [7, 11) is -3.14. The molecule has 0 amide bonds. The van der Waals surface area contributed by atoms with Crippen molar-refractivity contribution in [1.29, 1.82) is 0 Å². The van der Waals surface area contributed by atoms with E-state index in [-0.39, 0.29) is 11.6 Å². The van der Waals surface area contributed by atoms with Crippen molar-refractivity contribution in [3.05, 3.63) is 11.7 Å². The van der Waals surface area contributed by atoms with Crippen LogP contribution in [0.1, 0.15) is 43.8 Å². The summed E-state index contributed by atoms with van der Waals surface area (Å²) in [4.78, 5) is 4.11. The van der Waals surface area contributed by atoms with Gasteiger partial charge in [0.1, 0.15) is 5.75 Å². The smallest absolute Gasteiger partial charge is 0.246 e. The van der Waals surface area contributed by atoms with Crippen molar-refractivity contribution in [3.8, 4) is 0 Å². The zero-order chi connectivity index (χ0) is 12.5. The van der Waals surface area contributed by atoms with Crippen molar-refractivity contribution in [1.82, 2.24) is 10.1 Å². The Morgan fingerprint density at radius 1 is 1.35 bits per heavy atom. The van der Waals surface area contributed by atoms with Crippen LogP contribution < -0.4 is 5.73 Å². The molecule has 0 saturated heterocycles. The van der Waals surface area contributed by atoms with Gasteiger partial charge in [-0.2, -0.15) is 4.98 Å². The largest absolute Gasteiger partial charge is 0.337 e. The fraction of sp³-hybridized carbons (Fsp3) is 0.800. The number of hydrogen-bond acceptors (Lipinski definition) is 6. The van der Waals surface area contributed by atoms with Gasteiger partial charge in [-0.05, 0) is 12.8 Å². The molecule has 1 aliphatic carbocycles. The highest BCUT2D eigenvalue weighted by atomic mass is 32.2. The molecule has 1 aromatic rings. The zero-order valence-electron chi connectivity index (χ0n) is 9.85. The lowest BCUT2D eigenvalue weighted by atomic mass is 9.82. The fourth-order valence-electron chi connectivity index (χ4n) is 2.15. The molecule has 1 heterocycles. The molecule has 2 rings (SSSR count). The predicted molar refractivity (Wildman–Crippen MR) is 61.8 cm³/mol. The van der Waals surface area contributed by atoms with Crippen LogP contribution in [0.4, 0.5) is 0 Å². The van der Waals surface area contributed by atoms with Crippen LogP contribution in [0, 0.1) is 0 Å². The van der Waals surface area contributed by atoms with E-state index >= 15 is 0 Å². The third-order valence-electron chi connectivity index (χ3n) is 3.03. The van der Waals surface area contributed by atoms with Gasteiger partial charge in [0.05, 0.1) is 5.54 Å². The molecule has 0 aliphatic heterocycles. The first kappa shape index (κ1) is 12.5. The monoisotopic (exact) mass is 259 g/mol. The Bertz CT molecular complexity index is 489. The third kappa shape index (κ3) is 3.04. The molecule has 0 bridgehead atoms. The van der Waals surface area contributed by atoms with E-state index in [2.05, 4.69) is 10.1 Å². The second-order valence-corrected chi connectivity index (χ2v) is 6.94. The SMILES string of the molecule is CS(=O)(=O)Cc1noc(C2(N)CCCCC2)n1. The van der Waals surface area contributed by atoms with Crippen LogP contribution >= 0.6 is 0 Å². The van der Waals surface area contributed by atoms with Gasteiger partial charge in [0, 0.05) is 6.26 Å². The van der Waals surface area contributed by atoms with E-state index in [1.54, 1.807) is 0 Å². The maximum absolute atomic E-state index is 11.1. The second kappa shape index (κ2) is 4.38. The number of nitrogens with two attached hydrogens (primary N) is 1. The molecule has 0 atom stereocenters. The summed E-state index contributed by atoms with van der Waals surface area (Å²) in [6, 6.07) is 0. The Labute approximate surface area is 100 Å². The maximum Gasteiger partial charge on any atom is 0.246 e. The molecule has 1 saturated carbocycles. The van der Waals surface area contributed by atoms with Crippen LogP contribution in [0.3, 0.4) is 0 Å². The van der Waals surface area contributed by atoms with E-state index in [4.69, 9.17) is 10.3 Å². The van der Waals surface area contributed by atoms with Crippen LogP contribution in [0.25, 0.3) is 0 Å². The van der Waals surface area contributed by atoms with Gasteiger partial charge < -0.3 is 10.3 Å². The van der Waals surface area contributed by atoms with E-state index in [1.807, 2.05) is 0 Å². The van der Waals surface area contributed by atoms with E-state index in [0.717, 1.165) is 31.9 Å². The van der Waals surface area contributed by atoms with Crippen LogP contribution in [-0.4, -0.2) is 24.8 Å². The van der Waals surface area contributed by atoms with Gasteiger partial charge in [-0.1, -0.05) is 24.4 Å². The van der Waals surface area contributed by atoms with Gasteiger partial charge in [-0.3, -0.25) is 0 Å². The topological polar surface area (TPSA) is 99.1 Å².